The first kappa shape index (κ1) is 14.7. The first-order valence-electron chi connectivity index (χ1n) is 6.98. The van der Waals surface area contributed by atoms with Gasteiger partial charge in [-0.25, -0.2) is 13.4 Å². The monoisotopic (exact) mass is 327 g/mol. The average Bonchev–Trinajstić information content (AvgIpc) is 2.72. The SMILES string of the molecule is Cc1nc2sccn2c(=O)c1S(=O)(=O)N1CCCCCC1. The van der Waals surface area contributed by atoms with Crippen LogP contribution in [-0.4, -0.2) is 35.2 Å². The standard InChI is InChI=1S/C13H17N3O3S2/c1-10-11(12(17)16-8-9-20-13(16)14-10)21(18,19)15-6-4-2-3-5-7-15/h8-9H,2-7H2,1H3. The Balaban J connectivity index is 2.16. The van der Waals surface area contributed by atoms with Crippen molar-refractivity contribution >= 4 is 26.3 Å². The summed E-state index contributed by atoms with van der Waals surface area (Å²) in [6.07, 6.45) is 5.31. The molecule has 1 fully saturated rings. The smallest absolute Gasteiger partial charge is 0.267 e. The Morgan fingerprint density at radius 1 is 1.19 bits per heavy atom. The lowest BCUT2D eigenvalue weighted by Gasteiger charge is -2.20. The van der Waals surface area contributed by atoms with Crippen molar-refractivity contribution in [3.63, 3.8) is 0 Å². The second-order valence-corrected chi connectivity index (χ2v) is 7.95. The van der Waals surface area contributed by atoms with Crippen LogP contribution in [0.4, 0.5) is 0 Å². The van der Waals surface area contributed by atoms with Gasteiger partial charge in [0.15, 0.2) is 9.86 Å². The molecule has 114 valence electrons. The number of hydrogen-bond acceptors (Lipinski definition) is 5. The maximum atomic E-state index is 12.8. The Morgan fingerprint density at radius 2 is 1.86 bits per heavy atom. The lowest BCUT2D eigenvalue weighted by molar-refractivity contribution is 0.422. The molecule has 0 atom stereocenters. The average molecular weight is 327 g/mol. The molecule has 0 N–H and O–H groups in total. The van der Waals surface area contributed by atoms with Crippen LogP contribution in [0.3, 0.4) is 0 Å². The van der Waals surface area contributed by atoms with Gasteiger partial charge in [-0.1, -0.05) is 12.8 Å². The molecule has 1 aliphatic rings. The van der Waals surface area contributed by atoms with Crippen LogP contribution in [0.2, 0.25) is 0 Å². The fourth-order valence-electron chi connectivity index (χ4n) is 2.67. The molecule has 2 aromatic heterocycles. The molecule has 21 heavy (non-hydrogen) atoms. The number of rotatable bonds is 2. The predicted molar refractivity (Wildman–Crippen MR) is 81.3 cm³/mol. The fourth-order valence-corrected chi connectivity index (χ4v) is 5.16. The molecular formula is C13H17N3O3S2. The van der Waals surface area contributed by atoms with Crippen molar-refractivity contribution in [2.24, 2.45) is 0 Å². The highest BCUT2D eigenvalue weighted by Gasteiger charge is 2.31. The van der Waals surface area contributed by atoms with Crippen LogP contribution in [0.5, 0.6) is 0 Å². The molecule has 0 amide bonds. The first-order chi connectivity index (χ1) is 10.0. The van der Waals surface area contributed by atoms with Crippen LogP contribution in [-0.2, 0) is 10.0 Å². The Kier molecular flexibility index (Phi) is 3.85. The van der Waals surface area contributed by atoms with Gasteiger partial charge in [-0.2, -0.15) is 4.31 Å². The van der Waals surface area contributed by atoms with Crippen molar-refractivity contribution in [3.8, 4) is 0 Å². The van der Waals surface area contributed by atoms with E-state index in [1.165, 1.54) is 20.0 Å². The van der Waals surface area contributed by atoms with Crippen molar-refractivity contribution in [3.05, 3.63) is 27.6 Å². The summed E-state index contributed by atoms with van der Waals surface area (Å²) in [4.78, 5) is 17.1. The predicted octanol–water partition coefficient (Wildman–Crippen LogP) is 1.63. The van der Waals surface area contributed by atoms with Crippen LogP contribution in [0, 0.1) is 6.92 Å². The van der Waals surface area contributed by atoms with Gasteiger partial charge in [0.25, 0.3) is 5.56 Å². The second kappa shape index (κ2) is 5.51. The minimum Gasteiger partial charge on any atom is -0.267 e. The fraction of sp³-hybridized carbons (Fsp3) is 0.538. The topological polar surface area (TPSA) is 71.8 Å². The van der Waals surface area contributed by atoms with Crippen molar-refractivity contribution in [2.75, 3.05) is 13.1 Å². The van der Waals surface area contributed by atoms with E-state index in [0.29, 0.717) is 18.1 Å². The molecule has 0 saturated carbocycles. The van der Waals surface area contributed by atoms with E-state index in [4.69, 9.17) is 0 Å². The van der Waals surface area contributed by atoms with Gasteiger partial charge in [0, 0.05) is 24.7 Å². The number of hydrogen-bond donors (Lipinski definition) is 0. The Labute approximate surface area is 127 Å². The summed E-state index contributed by atoms with van der Waals surface area (Å²) in [6, 6.07) is 0. The third-order valence-electron chi connectivity index (χ3n) is 3.76. The number of fused-ring (bicyclic) bond motifs is 1. The van der Waals surface area contributed by atoms with E-state index in [9.17, 15) is 13.2 Å². The van der Waals surface area contributed by atoms with Gasteiger partial charge in [0.05, 0.1) is 5.69 Å². The summed E-state index contributed by atoms with van der Waals surface area (Å²) in [5, 5.41) is 1.73. The summed E-state index contributed by atoms with van der Waals surface area (Å²) >= 11 is 1.32. The number of thiazole rings is 1. The van der Waals surface area contributed by atoms with Gasteiger partial charge < -0.3 is 0 Å². The van der Waals surface area contributed by atoms with E-state index in [-0.39, 0.29) is 10.6 Å². The number of nitrogens with zero attached hydrogens (tertiary/aromatic N) is 3. The van der Waals surface area contributed by atoms with Crippen LogP contribution in [0.1, 0.15) is 31.4 Å². The molecule has 3 rings (SSSR count). The minimum atomic E-state index is -3.77. The molecule has 1 saturated heterocycles. The summed E-state index contributed by atoms with van der Waals surface area (Å²) in [7, 11) is -3.77. The van der Waals surface area contributed by atoms with E-state index < -0.39 is 15.6 Å². The lowest BCUT2D eigenvalue weighted by Crippen LogP contribution is -2.37. The van der Waals surface area contributed by atoms with Crippen molar-refractivity contribution in [2.45, 2.75) is 37.5 Å². The van der Waals surface area contributed by atoms with Crippen LogP contribution < -0.4 is 5.56 Å². The van der Waals surface area contributed by atoms with Gasteiger partial charge in [0.2, 0.25) is 10.0 Å². The zero-order valence-electron chi connectivity index (χ0n) is 11.8. The van der Waals surface area contributed by atoms with Crippen LogP contribution in [0.15, 0.2) is 21.3 Å². The zero-order chi connectivity index (χ0) is 15.0. The number of aromatic nitrogens is 2. The van der Waals surface area contributed by atoms with Crippen molar-refractivity contribution in [1.29, 1.82) is 0 Å². The molecule has 3 heterocycles. The molecule has 0 bridgehead atoms. The molecule has 8 heteroatoms. The summed E-state index contributed by atoms with van der Waals surface area (Å²) in [5.41, 5.74) is -0.213. The zero-order valence-corrected chi connectivity index (χ0v) is 13.4. The van der Waals surface area contributed by atoms with Crippen LogP contribution >= 0.6 is 11.3 Å². The van der Waals surface area contributed by atoms with Crippen molar-refractivity contribution < 1.29 is 8.42 Å². The van der Waals surface area contributed by atoms with E-state index in [0.717, 1.165) is 25.7 Å². The highest BCUT2D eigenvalue weighted by molar-refractivity contribution is 7.89. The molecular weight excluding hydrogens is 310 g/mol. The largest absolute Gasteiger partial charge is 0.279 e. The van der Waals surface area contributed by atoms with E-state index in [1.54, 1.807) is 18.5 Å². The van der Waals surface area contributed by atoms with Crippen molar-refractivity contribution in [1.82, 2.24) is 13.7 Å². The molecule has 0 spiro atoms. The molecule has 6 nitrogen and oxygen atoms in total. The number of sulfonamides is 1. The summed E-state index contributed by atoms with van der Waals surface area (Å²) in [5.74, 6) is 0. The Bertz CT molecular complexity index is 815. The molecule has 2 aromatic rings. The summed E-state index contributed by atoms with van der Waals surface area (Å²) < 4.78 is 28.4. The van der Waals surface area contributed by atoms with E-state index in [2.05, 4.69) is 4.98 Å². The lowest BCUT2D eigenvalue weighted by atomic mass is 10.2. The van der Waals surface area contributed by atoms with Gasteiger partial charge in [-0.3, -0.25) is 9.20 Å². The van der Waals surface area contributed by atoms with Gasteiger partial charge in [-0.05, 0) is 19.8 Å². The molecule has 0 radical (unpaired) electrons. The van der Waals surface area contributed by atoms with E-state index >= 15 is 0 Å². The third-order valence-corrected chi connectivity index (χ3v) is 6.54. The van der Waals surface area contributed by atoms with E-state index in [1.807, 2.05) is 0 Å². The number of aryl methyl sites for hydroxylation is 1. The second-order valence-electron chi connectivity index (χ2n) is 5.21. The Morgan fingerprint density at radius 3 is 2.52 bits per heavy atom. The quantitative estimate of drug-likeness (QED) is 0.840. The Hall–Kier alpha value is -1.25. The first-order valence-corrected chi connectivity index (χ1v) is 9.30. The maximum absolute atomic E-state index is 12.8. The normalized spacial score (nSPS) is 18.0. The summed E-state index contributed by atoms with van der Waals surface area (Å²) in [6.45, 7) is 2.55. The highest BCUT2D eigenvalue weighted by atomic mass is 32.2. The van der Waals surface area contributed by atoms with Gasteiger partial charge >= 0.3 is 0 Å². The minimum absolute atomic E-state index is 0.180. The highest BCUT2D eigenvalue weighted by Crippen LogP contribution is 2.20. The molecule has 0 unspecified atom stereocenters. The van der Waals surface area contributed by atoms with Gasteiger partial charge in [-0.15, -0.1) is 11.3 Å². The van der Waals surface area contributed by atoms with Crippen LogP contribution in [0.25, 0.3) is 4.96 Å². The molecule has 0 aliphatic carbocycles. The maximum Gasteiger partial charge on any atom is 0.279 e. The van der Waals surface area contributed by atoms with Gasteiger partial charge in [0.1, 0.15) is 0 Å². The molecule has 1 aliphatic heterocycles. The third kappa shape index (κ3) is 2.51. The molecule has 0 aromatic carbocycles.